The van der Waals surface area contributed by atoms with Gasteiger partial charge in [0, 0.05) is 18.7 Å². The molecule has 5 heteroatoms. The van der Waals surface area contributed by atoms with E-state index >= 15 is 0 Å². The summed E-state index contributed by atoms with van der Waals surface area (Å²) in [5.41, 5.74) is 7.59. The molecule has 3 amide bonds. The molecule has 15 heavy (non-hydrogen) atoms. The molecule has 0 aliphatic carbocycles. The second-order valence-corrected chi connectivity index (χ2v) is 3.41. The molecule has 0 fully saturated rings. The van der Waals surface area contributed by atoms with Crippen molar-refractivity contribution in [2.24, 2.45) is 5.73 Å². The Bertz CT molecular complexity index is 429. The molecule has 2 rings (SSSR count). The molecule has 1 aliphatic heterocycles. The molecule has 0 bridgehead atoms. The standard InChI is InChI=1S/C10H11N3O2/c11-10(15)13-9(14)6-1-2-7-4-12-5-8(7)3-6/h1-3,12H,4-5H2,(H3,11,13,14,15). The Balaban J connectivity index is 2.23. The zero-order chi connectivity index (χ0) is 10.8. The zero-order valence-corrected chi connectivity index (χ0v) is 8.04. The van der Waals surface area contributed by atoms with Crippen molar-refractivity contribution < 1.29 is 9.59 Å². The van der Waals surface area contributed by atoms with Crippen LogP contribution in [0.2, 0.25) is 0 Å². The molecule has 0 radical (unpaired) electrons. The van der Waals surface area contributed by atoms with Gasteiger partial charge in [0.15, 0.2) is 0 Å². The molecule has 0 atom stereocenters. The van der Waals surface area contributed by atoms with Crippen LogP contribution in [-0.2, 0) is 13.1 Å². The lowest BCUT2D eigenvalue weighted by Crippen LogP contribution is -2.34. The van der Waals surface area contributed by atoms with Gasteiger partial charge < -0.3 is 11.1 Å². The molecule has 1 aromatic rings. The van der Waals surface area contributed by atoms with Gasteiger partial charge in [0.25, 0.3) is 5.91 Å². The summed E-state index contributed by atoms with van der Waals surface area (Å²) in [6.45, 7) is 1.58. The lowest BCUT2D eigenvalue weighted by molar-refractivity contribution is 0.0966. The van der Waals surface area contributed by atoms with E-state index in [0.29, 0.717) is 5.56 Å². The number of carbonyl (C=O) groups excluding carboxylic acids is 2. The lowest BCUT2D eigenvalue weighted by Gasteiger charge is -2.03. The number of benzene rings is 1. The Morgan fingerprint density at radius 1 is 1.27 bits per heavy atom. The van der Waals surface area contributed by atoms with E-state index < -0.39 is 11.9 Å². The molecular weight excluding hydrogens is 194 g/mol. The maximum Gasteiger partial charge on any atom is 0.319 e. The highest BCUT2D eigenvalue weighted by molar-refractivity contribution is 6.03. The first-order valence-electron chi connectivity index (χ1n) is 4.60. The fourth-order valence-corrected chi connectivity index (χ4v) is 1.62. The van der Waals surface area contributed by atoms with Crippen molar-refractivity contribution in [2.45, 2.75) is 13.1 Å². The van der Waals surface area contributed by atoms with Gasteiger partial charge in [-0.1, -0.05) is 6.07 Å². The molecule has 0 unspecified atom stereocenters. The highest BCUT2D eigenvalue weighted by atomic mass is 16.2. The van der Waals surface area contributed by atoms with Gasteiger partial charge in [-0.15, -0.1) is 0 Å². The Morgan fingerprint density at radius 2 is 2.00 bits per heavy atom. The van der Waals surface area contributed by atoms with Crippen LogP contribution in [0.1, 0.15) is 21.5 Å². The Kier molecular flexibility index (Phi) is 2.39. The number of primary amides is 1. The summed E-state index contributed by atoms with van der Waals surface area (Å²) in [4.78, 5) is 21.9. The molecular formula is C10H11N3O2. The van der Waals surface area contributed by atoms with Crippen LogP contribution in [-0.4, -0.2) is 11.9 Å². The monoisotopic (exact) mass is 205 g/mol. The molecule has 0 saturated carbocycles. The number of carbonyl (C=O) groups is 2. The molecule has 1 aliphatic rings. The predicted molar refractivity (Wildman–Crippen MR) is 54.0 cm³/mol. The number of hydrogen-bond acceptors (Lipinski definition) is 3. The largest absolute Gasteiger partial charge is 0.351 e. The van der Waals surface area contributed by atoms with Crippen LogP contribution in [0.15, 0.2) is 18.2 Å². The number of fused-ring (bicyclic) bond motifs is 1. The Morgan fingerprint density at radius 3 is 2.73 bits per heavy atom. The quantitative estimate of drug-likeness (QED) is 0.607. The summed E-state index contributed by atoms with van der Waals surface area (Å²) in [5, 5.41) is 5.20. The van der Waals surface area contributed by atoms with Crippen molar-refractivity contribution in [3.63, 3.8) is 0 Å². The second kappa shape index (κ2) is 3.70. The van der Waals surface area contributed by atoms with Gasteiger partial charge in [0.1, 0.15) is 0 Å². The third kappa shape index (κ3) is 1.97. The van der Waals surface area contributed by atoms with E-state index in [1.54, 1.807) is 12.1 Å². The van der Waals surface area contributed by atoms with Crippen LogP contribution >= 0.6 is 0 Å². The minimum Gasteiger partial charge on any atom is -0.351 e. The fourth-order valence-electron chi connectivity index (χ4n) is 1.62. The molecule has 1 heterocycles. The van der Waals surface area contributed by atoms with Crippen LogP contribution in [0, 0.1) is 0 Å². The lowest BCUT2D eigenvalue weighted by atomic mass is 10.1. The second-order valence-electron chi connectivity index (χ2n) is 3.41. The molecule has 0 saturated heterocycles. The molecule has 1 aromatic carbocycles. The van der Waals surface area contributed by atoms with Crippen LogP contribution in [0.3, 0.4) is 0 Å². The summed E-state index contributed by atoms with van der Waals surface area (Å²) in [6.07, 6.45) is 0. The number of hydrogen-bond donors (Lipinski definition) is 3. The summed E-state index contributed by atoms with van der Waals surface area (Å²) in [6, 6.07) is 4.50. The number of rotatable bonds is 1. The van der Waals surface area contributed by atoms with E-state index in [-0.39, 0.29) is 0 Å². The Labute approximate surface area is 86.6 Å². The van der Waals surface area contributed by atoms with E-state index in [9.17, 15) is 9.59 Å². The van der Waals surface area contributed by atoms with Gasteiger partial charge in [-0.25, -0.2) is 4.79 Å². The van der Waals surface area contributed by atoms with Gasteiger partial charge in [-0.05, 0) is 23.3 Å². The van der Waals surface area contributed by atoms with Crippen molar-refractivity contribution in [1.29, 1.82) is 0 Å². The number of urea groups is 1. The van der Waals surface area contributed by atoms with Crippen molar-refractivity contribution in [1.82, 2.24) is 10.6 Å². The number of amides is 3. The van der Waals surface area contributed by atoms with E-state index in [2.05, 4.69) is 5.32 Å². The fraction of sp³-hybridized carbons (Fsp3) is 0.200. The first-order valence-corrected chi connectivity index (χ1v) is 4.60. The summed E-state index contributed by atoms with van der Waals surface area (Å²) < 4.78 is 0. The maximum atomic E-state index is 11.4. The topological polar surface area (TPSA) is 84.2 Å². The smallest absolute Gasteiger partial charge is 0.319 e. The van der Waals surface area contributed by atoms with E-state index in [0.717, 1.165) is 18.7 Å². The third-order valence-electron chi connectivity index (χ3n) is 2.34. The van der Waals surface area contributed by atoms with Crippen LogP contribution in [0.4, 0.5) is 4.79 Å². The molecule has 5 nitrogen and oxygen atoms in total. The molecule has 4 N–H and O–H groups in total. The third-order valence-corrected chi connectivity index (χ3v) is 2.34. The van der Waals surface area contributed by atoms with Crippen molar-refractivity contribution in [3.05, 3.63) is 34.9 Å². The van der Waals surface area contributed by atoms with Crippen LogP contribution in [0.5, 0.6) is 0 Å². The van der Waals surface area contributed by atoms with Gasteiger partial charge in [-0.2, -0.15) is 0 Å². The highest BCUT2D eigenvalue weighted by Gasteiger charge is 2.13. The SMILES string of the molecule is NC(=O)NC(=O)c1ccc2c(c1)CNC2. The number of nitrogens with one attached hydrogen (secondary N) is 2. The van der Waals surface area contributed by atoms with Gasteiger partial charge >= 0.3 is 6.03 Å². The van der Waals surface area contributed by atoms with Gasteiger partial charge in [0.2, 0.25) is 0 Å². The van der Waals surface area contributed by atoms with Crippen LogP contribution < -0.4 is 16.4 Å². The first-order chi connectivity index (χ1) is 7.16. The van der Waals surface area contributed by atoms with E-state index in [4.69, 9.17) is 5.73 Å². The van der Waals surface area contributed by atoms with Gasteiger partial charge in [-0.3, -0.25) is 10.1 Å². The zero-order valence-electron chi connectivity index (χ0n) is 8.04. The average Bonchev–Trinajstić information content (AvgIpc) is 2.62. The number of imide groups is 1. The van der Waals surface area contributed by atoms with Gasteiger partial charge in [0.05, 0.1) is 0 Å². The molecule has 0 spiro atoms. The Hall–Kier alpha value is -1.88. The van der Waals surface area contributed by atoms with Crippen molar-refractivity contribution in [2.75, 3.05) is 0 Å². The minimum atomic E-state index is -0.835. The normalized spacial score (nSPS) is 13.3. The van der Waals surface area contributed by atoms with Crippen molar-refractivity contribution in [3.8, 4) is 0 Å². The van der Waals surface area contributed by atoms with E-state index in [1.807, 2.05) is 11.4 Å². The van der Waals surface area contributed by atoms with E-state index in [1.165, 1.54) is 5.56 Å². The minimum absolute atomic E-state index is 0.455. The maximum absolute atomic E-state index is 11.4. The molecule has 0 aromatic heterocycles. The highest BCUT2D eigenvalue weighted by Crippen LogP contribution is 2.16. The summed E-state index contributed by atoms with van der Waals surface area (Å²) in [5.74, 6) is -0.461. The predicted octanol–water partition coefficient (Wildman–Crippen LogP) is 0.0983. The average molecular weight is 205 g/mol. The van der Waals surface area contributed by atoms with Crippen molar-refractivity contribution >= 4 is 11.9 Å². The van der Waals surface area contributed by atoms with Crippen LogP contribution in [0.25, 0.3) is 0 Å². The number of nitrogens with two attached hydrogens (primary N) is 1. The molecule has 78 valence electrons. The first kappa shape index (κ1) is 9.67. The summed E-state index contributed by atoms with van der Waals surface area (Å²) in [7, 11) is 0. The summed E-state index contributed by atoms with van der Waals surface area (Å²) >= 11 is 0.